The van der Waals surface area contributed by atoms with Gasteiger partial charge in [0.25, 0.3) is 10.1 Å². The Hall–Kier alpha value is -0.130. The molecule has 0 unspecified atom stereocenters. The molecular weight excluding hydrogens is 190 g/mol. The van der Waals surface area contributed by atoms with E-state index in [-0.39, 0.29) is 0 Å². The summed E-state index contributed by atoms with van der Waals surface area (Å²) in [6, 6.07) is 0. The molecule has 5 heteroatoms. The Kier molecular flexibility index (Phi) is 4.88. The van der Waals surface area contributed by atoms with E-state index in [1.165, 1.54) is 13.8 Å². The van der Waals surface area contributed by atoms with Crippen LogP contribution in [0.3, 0.4) is 0 Å². The maximum Gasteiger partial charge on any atom is 0.283 e. The van der Waals surface area contributed by atoms with Gasteiger partial charge in [-0.3, -0.25) is 9.87 Å². The average Bonchev–Trinajstić information content (AvgIpc) is 1.96. The Labute approximate surface area is 80.5 Å². The molecule has 0 heterocycles. The molecule has 0 saturated heterocycles. The summed E-state index contributed by atoms with van der Waals surface area (Å²) in [4.78, 5) is -1.24. The molecule has 0 fully saturated rings. The van der Waals surface area contributed by atoms with Gasteiger partial charge >= 0.3 is 0 Å². The molecule has 0 radical (unpaired) electrons. The molecule has 0 atom stereocenters. The first kappa shape index (κ1) is 12.9. The third kappa shape index (κ3) is 4.59. The highest BCUT2D eigenvalue weighted by Gasteiger charge is 2.31. The van der Waals surface area contributed by atoms with Crippen molar-refractivity contribution in [2.45, 2.75) is 44.9 Å². The van der Waals surface area contributed by atoms with Gasteiger partial charge in [0, 0.05) is 0 Å². The van der Waals surface area contributed by atoms with Crippen molar-refractivity contribution >= 4 is 10.1 Å². The van der Waals surface area contributed by atoms with Crippen LogP contribution in [0.1, 0.15) is 40.0 Å². The van der Waals surface area contributed by atoms with Gasteiger partial charge < -0.3 is 0 Å². The van der Waals surface area contributed by atoms with E-state index in [2.05, 4.69) is 12.2 Å². The average molecular weight is 209 g/mol. The zero-order chi connectivity index (χ0) is 10.5. The van der Waals surface area contributed by atoms with Gasteiger partial charge in [-0.1, -0.05) is 19.8 Å². The van der Waals surface area contributed by atoms with Gasteiger partial charge in [0.1, 0.15) is 4.87 Å². The van der Waals surface area contributed by atoms with Gasteiger partial charge in [-0.2, -0.15) is 8.42 Å². The summed E-state index contributed by atoms with van der Waals surface area (Å²) in [5, 5.41) is 2.80. The van der Waals surface area contributed by atoms with Crippen LogP contribution in [0.4, 0.5) is 0 Å². The summed E-state index contributed by atoms with van der Waals surface area (Å²) in [7, 11) is -4.00. The number of rotatable bonds is 6. The number of hydrogen-bond acceptors (Lipinski definition) is 3. The van der Waals surface area contributed by atoms with Gasteiger partial charge in [0.15, 0.2) is 0 Å². The molecular formula is C8H19NO3S. The highest BCUT2D eigenvalue weighted by atomic mass is 32.2. The predicted molar refractivity (Wildman–Crippen MR) is 53.2 cm³/mol. The van der Waals surface area contributed by atoms with E-state index in [4.69, 9.17) is 4.55 Å². The van der Waals surface area contributed by atoms with E-state index in [1.54, 1.807) is 0 Å². The van der Waals surface area contributed by atoms with Gasteiger partial charge in [0.2, 0.25) is 0 Å². The zero-order valence-electron chi connectivity index (χ0n) is 8.50. The predicted octanol–water partition coefficient (Wildman–Crippen LogP) is 1.39. The molecule has 80 valence electrons. The molecule has 0 spiro atoms. The molecule has 2 N–H and O–H groups in total. The maximum atomic E-state index is 10.8. The maximum absolute atomic E-state index is 10.8. The molecule has 0 aromatic heterocycles. The smallest absolute Gasteiger partial charge is 0.283 e. The molecule has 0 aromatic rings. The molecule has 0 bridgehead atoms. The van der Waals surface area contributed by atoms with Crippen molar-refractivity contribution in [1.82, 2.24) is 5.32 Å². The van der Waals surface area contributed by atoms with Crippen LogP contribution in [0.15, 0.2) is 0 Å². The Bertz CT molecular complexity index is 234. The van der Waals surface area contributed by atoms with Crippen molar-refractivity contribution in [2.75, 3.05) is 6.54 Å². The molecule has 0 saturated carbocycles. The van der Waals surface area contributed by atoms with Crippen LogP contribution in [0.25, 0.3) is 0 Å². The van der Waals surface area contributed by atoms with E-state index in [1.807, 2.05) is 0 Å². The van der Waals surface area contributed by atoms with Crippen molar-refractivity contribution in [3.8, 4) is 0 Å². The van der Waals surface area contributed by atoms with Crippen LogP contribution in [0, 0.1) is 0 Å². The summed E-state index contributed by atoms with van der Waals surface area (Å²) >= 11 is 0. The van der Waals surface area contributed by atoms with Crippen molar-refractivity contribution < 1.29 is 13.0 Å². The van der Waals surface area contributed by atoms with E-state index < -0.39 is 15.0 Å². The summed E-state index contributed by atoms with van der Waals surface area (Å²) < 4.78 is 30.4. The van der Waals surface area contributed by atoms with Gasteiger partial charge in [0.05, 0.1) is 0 Å². The minimum absolute atomic E-state index is 0.612. The molecule has 0 aliphatic rings. The lowest BCUT2D eigenvalue weighted by molar-refractivity contribution is 0.403. The van der Waals surface area contributed by atoms with Crippen molar-refractivity contribution in [2.24, 2.45) is 0 Å². The number of unbranched alkanes of at least 4 members (excludes halogenated alkanes) is 2. The SMILES string of the molecule is CCCCCNC(C)(C)S(=O)(=O)O. The molecule has 0 aliphatic carbocycles. The standard InChI is InChI=1S/C8H19NO3S/c1-4-5-6-7-9-8(2,3)13(10,11)12/h9H,4-7H2,1-3H3,(H,10,11,12). The fraction of sp³-hybridized carbons (Fsp3) is 1.00. The lowest BCUT2D eigenvalue weighted by atomic mass is 10.2. The lowest BCUT2D eigenvalue weighted by Crippen LogP contribution is -2.46. The number of hydrogen-bond donors (Lipinski definition) is 2. The molecule has 0 amide bonds. The van der Waals surface area contributed by atoms with E-state index in [9.17, 15) is 8.42 Å². The highest BCUT2D eigenvalue weighted by Crippen LogP contribution is 2.10. The minimum Gasteiger partial charge on any atom is -0.297 e. The van der Waals surface area contributed by atoms with Gasteiger partial charge in [-0.05, 0) is 26.8 Å². The molecule has 4 nitrogen and oxygen atoms in total. The first-order valence-corrected chi connectivity index (χ1v) is 5.97. The Balaban J connectivity index is 3.91. The second kappa shape index (κ2) is 4.93. The lowest BCUT2D eigenvalue weighted by Gasteiger charge is -2.22. The van der Waals surface area contributed by atoms with Crippen LogP contribution in [0.5, 0.6) is 0 Å². The number of nitrogens with one attached hydrogen (secondary N) is 1. The molecule has 0 aromatic carbocycles. The third-order valence-corrected chi connectivity index (χ3v) is 3.41. The molecule has 0 rings (SSSR count). The van der Waals surface area contributed by atoms with E-state index >= 15 is 0 Å². The summed E-state index contributed by atoms with van der Waals surface area (Å²) in [6.45, 7) is 5.59. The zero-order valence-corrected chi connectivity index (χ0v) is 9.32. The Morgan fingerprint density at radius 3 is 2.23 bits per heavy atom. The van der Waals surface area contributed by atoms with Crippen LogP contribution in [-0.4, -0.2) is 24.4 Å². The Morgan fingerprint density at radius 1 is 1.31 bits per heavy atom. The molecule has 0 aliphatic heterocycles. The second-order valence-corrected chi connectivity index (χ2v) is 5.59. The minimum atomic E-state index is -4.00. The highest BCUT2D eigenvalue weighted by molar-refractivity contribution is 7.87. The summed E-state index contributed by atoms with van der Waals surface area (Å²) in [5.74, 6) is 0. The van der Waals surface area contributed by atoms with Gasteiger partial charge in [-0.15, -0.1) is 0 Å². The summed E-state index contributed by atoms with van der Waals surface area (Å²) in [6.07, 6.45) is 3.08. The Morgan fingerprint density at radius 2 is 1.85 bits per heavy atom. The fourth-order valence-corrected chi connectivity index (χ4v) is 1.14. The van der Waals surface area contributed by atoms with Crippen LogP contribution in [-0.2, 0) is 10.1 Å². The van der Waals surface area contributed by atoms with Crippen molar-refractivity contribution in [1.29, 1.82) is 0 Å². The van der Waals surface area contributed by atoms with Crippen molar-refractivity contribution in [3.63, 3.8) is 0 Å². The quantitative estimate of drug-likeness (QED) is 0.512. The van der Waals surface area contributed by atoms with Crippen LogP contribution < -0.4 is 5.32 Å². The molecule has 13 heavy (non-hydrogen) atoms. The first-order chi connectivity index (χ1) is 5.81. The summed E-state index contributed by atoms with van der Waals surface area (Å²) in [5.41, 5.74) is 0. The monoisotopic (exact) mass is 209 g/mol. The topological polar surface area (TPSA) is 66.4 Å². The van der Waals surface area contributed by atoms with E-state index in [0.717, 1.165) is 19.3 Å². The first-order valence-electron chi connectivity index (χ1n) is 4.53. The van der Waals surface area contributed by atoms with E-state index in [0.29, 0.717) is 6.54 Å². The van der Waals surface area contributed by atoms with Crippen molar-refractivity contribution in [3.05, 3.63) is 0 Å². The third-order valence-electron chi connectivity index (χ3n) is 1.98. The largest absolute Gasteiger partial charge is 0.297 e. The second-order valence-electron chi connectivity index (χ2n) is 3.62. The fourth-order valence-electron chi connectivity index (χ4n) is 0.856. The van der Waals surface area contributed by atoms with Crippen LogP contribution in [0.2, 0.25) is 0 Å². The van der Waals surface area contributed by atoms with Gasteiger partial charge in [-0.25, -0.2) is 0 Å². The van der Waals surface area contributed by atoms with Crippen LogP contribution >= 0.6 is 0 Å². The normalized spacial score (nSPS) is 13.2.